The van der Waals surface area contributed by atoms with Crippen molar-refractivity contribution in [3.8, 4) is 17.3 Å². The van der Waals surface area contributed by atoms with Crippen molar-refractivity contribution in [2.75, 3.05) is 0 Å². The van der Waals surface area contributed by atoms with Crippen LogP contribution in [0.5, 0.6) is 0 Å². The Morgan fingerprint density at radius 2 is 2.00 bits per heavy atom. The molecular formula is C17H11ClN2S. The normalized spacial score (nSPS) is 10.3. The molecule has 1 aromatic heterocycles. The molecule has 0 aliphatic rings. The van der Waals surface area contributed by atoms with Gasteiger partial charge in [-0.05, 0) is 23.8 Å². The van der Waals surface area contributed by atoms with Gasteiger partial charge in [-0.3, -0.25) is 0 Å². The van der Waals surface area contributed by atoms with Gasteiger partial charge in [-0.1, -0.05) is 41.9 Å². The summed E-state index contributed by atoms with van der Waals surface area (Å²) in [5, 5.41) is 12.8. The van der Waals surface area contributed by atoms with Gasteiger partial charge in [0.05, 0.1) is 22.3 Å². The monoisotopic (exact) mass is 310 g/mol. The quantitative estimate of drug-likeness (QED) is 0.688. The number of rotatable bonds is 3. The van der Waals surface area contributed by atoms with E-state index >= 15 is 0 Å². The fourth-order valence-electron chi connectivity index (χ4n) is 2.08. The summed E-state index contributed by atoms with van der Waals surface area (Å²) in [5.74, 6) is 0. The molecule has 3 rings (SSSR count). The minimum absolute atomic E-state index is 0.646. The lowest BCUT2D eigenvalue weighted by Gasteiger charge is -2.00. The molecule has 2 nitrogen and oxygen atoms in total. The predicted molar refractivity (Wildman–Crippen MR) is 86.5 cm³/mol. The zero-order chi connectivity index (χ0) is 14.7. The van der Waals surface area contributed by atoms with Crippen molar-refractivity contribution in [1.29, 1.82) is 5.26 Å². The van der Waals surface area contributed by atoms with Crippen molar-refractivity contribution in [3.05, 3.63) is 75.1 Å². The van der Waals surface area contributed by atoms with Crippen molar-refractivity contribution in [3.63, 3.8) is 0 Å². The largest absolute Gasteiger partial charge is 0.241 e. The molecule has 0 fully saturated rings. The highest BCUT2D eigenvalue weighted by atomic mass is 35.5. The highest BCUT2D eigenvalue weighted by molar-refractivity contribution is 7.10. The second-order valence-corrected chi connectivity index (χ2v) is 5.94. The molecule has 0 unspecified atom stereocenters. The summed E-state index contributed by atoms with van der Waals surface area (Å²) < 4.78 is 0. The van der Waals surface area contributed by atoms with E-state index in [0.29, 0.717) is 5.56 Å². The Hall–Kier alpha value is -2.15. The maximum atomic E-state index is 8.96. The Morgan fingerprint density at radius 1 is 1.14 bits per heavy atom. The Morgan fingerprint density at radius 3 is 2.81 bits per heavy atom. The van der Waals surface area contributed by atoms with E-state index in [-0.39, 0.29) is 0 Å². The number of benzene rings is 2. The molecule has 0 aliphatic heterocycles. The summed E-state index contributed by atoms with van der Waals surface area (Å²) in [7, 11) is 0. The third kappa shape index (κ3) is 3.13. The average Bonchev–Trinajstić information content (AvgIpc) is 2.98. The maximum absolute atomic E-state index is 8.96. The lowest BCUT2D eigenvalue weighted by atomic mass is 10.1. The van der Waals surface area contributed by atoms with Gasteiger partial charge < -0.3 is 0 Å². The number of halogens is 1. The smallest absolute Gasteiger partial charge is 0.0991 e. The lowest BCUT2D eigenvalue weighted by molar-refractivity contribution is 1.14. The van der Waals surface area contributed by atoms with Crippen LogP contribution in [0.3, 0.4) is 0 Å². The molecule has 2 aromatic carbocycles. The van der Waals surface area contributed by atoms with Crippen LogP contribution in [0.1, 0.15) is 16.1 Å². The van der Waals surface area contributed by atoms with Crippen molar-refractivity contribution in [2.45, 2.75) is 6.42 Å². The van der Waals surface area contributed by atoms with Gasteiger partial charge in [0.15, 0.2) is 0 Å². The fraction of sp³-hybridized carbons (Fsp3) is 0.0588. The molecule has 0 amide bonds. The van der Waals surface area contributed by atoms with Crippen LogP contribution in [-0.4, -0.2) is 4.98 Å². The van der Waals surface area contributed by atoms with Gasteiger partial charge in [-0.15, -0.1) is 11.3 Å². The first-order valence-electron chi connectivity index (χ1n) is 6.44. The Balaban J connectivity index is 1.87. The molecule has 0 aliphatic carbocycles. The van der Waals surface area contributed by atoms with Crippen LogP contribution >= 0.6 is 22.9 Å². The second-order valence-electron chi connectivity index (χ2n) is 4.59. The highest BCUT2D eigenvalue weighted by Gasteiger charge is 2.07. The van der Waals surface area contributed by atoms with E-state index in [2.05, 4.69) is 11.1 Å². The van der Waals surface area contributed by atoms with Crippen LogP contribution in [-0.2, 0) is 6.42 Å². The van der Waals surface area contributed by atoms with Crippen molar-refractivity contribution < 1.29 is 0 Å². The van der Waals surface area contributed by atoms with E-state index in [1.165, 1.54) is 0 Å². The average molecular weight is 311 g/mol. The molecule has 4 heteroatoms. The number of aromatic nitrogens is 1. The maximum Gasteiger partial charge on any atom is 0.0991 e. The topological polar surface area (TPSA) is 36.7 Å². The van der Waals surface area contributed by atoms with E-state index in [1.54, 1.807) is 17.4 Å². The van der Waals surface area contributed by atoms with Crippen molar-refractivity contribution in [1.82, 2.24) is 4.98 Å². The molecule has 0 N–H and O–H groups in total. The highest BCUT2D eigenvalue weighted by Crippen LogP contribution is 2.26. The number of thiazole rings is 1. The second kappa shape index (κ2) is 6.09. The number of nitriles is 1. The molecule has 0 radical (unpaired) electrons. The number of nitrogens with zero attached hydrogens (tertiary/aromatic N) is 2. The van der Waals surface area contributed by atoms with Gasteiger partial charge in [0, 0.05) is 22.4 Å². The molecule has 0 spiro atoms. The molecule has 0 saturated heterocycles. The molecule has 21 heavy (non-hydrogen) atoms. The van der Waals surface area contributed by atoms with Crippen LogP contribution in [0.15, 0.2) is 53.9 Å². The van der Waals surface area contributed by atoms with Gasteiger partial charge in [0.25, 0.3) is 0 Å². The lowest BCUT2D eigenvalue weighted by Crippen LogP contribution is -1.88. The molecular weight excluding hydrogens is 300 g/mol. The van der Waals surface area contributed by atoms with E-state index in [0.717, 1.165) is 33.3 Å². The van der Waals surface area contributed by atoms with Crippen LogP contribution < -0.4 is 0 Å². The van der Waals surface area contributed by atoms with E-state index in [1.807, 2.05) is 47.8 Å². The van der Waals surface area contributed by atoms with Crippen molar-refractivity contribution >= 4 is 22.9 Å². The standard InChI is InChI=1S/C17H11ClN2S/c18-15-7-2-1-5-13(15)9-17-20-16(11-21-17)14-6-3-4-12(8-14)10-19/h1-8,11H,9H2. The van der Waals surface area contributed by atoms with Crippen LogP contribution in [0.25, 0.3) is 11.3 Å². The van der Waals surface area contributed by atoms with Crippen LogP contribution in [0, 0.1) is 11.3 Å². The van der Waals surface area contributed by atoms with Gasteiger partial charge >= 0.3 is 0 Å². The summed E-state index contributed by atoms with van der Waals surface area (Å²) in [6.45, 7) is 0. The first kappa shape index (κ1) is 13.8. The molecule has 0 saturated carbocycles. The van der Waals surface area contributed by atoms with Crippen LogP contribution in [0.4, 0.5) is 0 Å². The van der Waals surface area contributed by atoms with E-state index < -0.39 is 0 Å². The van der Waals surface area contributed by atoms with E-state index in [9.17, 15) is 0 Å². The molecule has 102 valence electrons. The Bertz CT molecular complexity index is 817. The first-order chi connectivity index (χ1) is 10.3. The summed E-state index contributed by atoms with van der Waals surface area (Å²) in [5.41, 5.74) is 3.59. The fourth-order valence-corrected chi connectivity index (χ4v) is 3.11. The Kier molecular flexibility index (Phi) is 4.01. The third-order valence-electron chi connectivity index (χ3n) is 3.14. The van der Waals surface area contributed by atoms with Crippen molar-refractivity contribution in [2.24, 2.45) is 0 Å². The molecule has 0 bridgehead atoms. The minimum atomic E-state index is 0.646. The van der Waals surface area contributed by atoms with Crippen LogP contribution in [0.2, 0.25) is 5.02 Å². The van der Waals surface area contributed by atoms with E-state index in [4.69, 9.17) is 16.9 Å². The number of hydrogen-bond acceptors (Lipinski definition) is 3. The number of hydrogen-bond donors (Lipinski definition) is 0. The third-order valence-corrected chi connectivity index (χ3v) is 4.36. The summed E-state index contributed by atoms with van der Waals surface area (Å²) in [6.07, 6.45) is 0.724. The zero-order valence-corrected chi connectivity index (χ0v) is 12.7. The summed E-state index contributed by atoms with van der Waals surface area (Å²) >= 11 is 7.79. The Labute approximate surface area is 132 Å². The summed E-state index contributed by atoms with van der Waals surface area (Å²) in [4.78, 5) is 4.64. The minimum Gasteiger partial charge on any atom is -0.241 e. The molecule has 3 aromatic rings. The van der Waals surface area contributed by atoms with Gasteiger partial charge in [0.1, 0.15) is 0 Å². The SMILES string of the molecule is N#Cc1cccc(-c2csc(Cc3ccccc3Cl)n2)c1. The molecule has 1 heterocycles. The van der Waals surface area contributed by atoms with Gasteiger partial charge in [-0.2, -0.15) is 5.26 Å². The molecule has 0 atom stereocenters. The zero-order valence-electron chi connectivity index (χ0n) is 11.1. The summed E-state index contributed by atoms with van der Waals surface area (Å²) in [6, 6.07) is 17.4. The van der Waals surface area contributed by atoms with Gasteiger partial charge in [-0.25, -0.2) is 4.98 Å². The van der Waals surface area contributed by atoms with Gasteiger partial charge in [0.2, 0.25) is 0 Å². The predicted octanol–water partition coefficient (Wildman–Crippen LogP) is 4.93. The first-order valence-corrected chi connectivity index (χ1v) is 7.70.